The lowest BCUT2D eigenvalue weighted by atomic mass is 9.74. The number of carbonyl (C=O) groups excluding carboxylic acids is 1. The molecule has 0 aromatic rings. The maximum absolute atomic E-state index is 12.0. The third-order valence-electron chi connectivity index (χ3n) is 4.41. The molecule has 2 unspecified atom stereocenters. The molecule has 22 heavy (non-hydrogen) atoms. The summed E-state index contributed by atoms with van der Waals surface area (Å²) in [5.74, 6) is -0.421. The molecule has 2 N–H and O–H groups in total. The van der Waals surface area contributed by atoms with E-state index in [9.17, 15) is 14.7 Å². The Balaban J connectivity index is 2.01. The van der Waals surface area contributed by atoms with Gasteiger partial charge in [-0.2, -0.15) is 0 Å². The molecule has 1 heterocycles. The molecule has 2 fully saturated rings. The van der Waals surface area contributed by atoms with E-state index in [2.05, 4.69) is 5.32 Å². The summed E-state index contributed by atoms with van der Waals surface area (Å²) in [5, 5.41) is 12.5. The van der Waals surface area contributed by atoms with Gasteiger partial charge in [0.2, 0.25) is 0 Å². The molecule has 2 rings (SSSR count). The second-order valence-electron chi connectivity index (χ2n) is 7.52. The minimum Gasteiger partial charge on any atom is -0.481 e. The fourth-order valence-electron chi connectivity index (χ4n) is 3.16. The van der Waals surface area contributed by atoms with E-state index in [0.29, 0.717) is 19.6 Å². The zero-order chi connectivity index (χ0) is 16.4. The van der Waals surface area contributed by atoms with Crippen LogP contribution in [-0.4, -0.2) is 42.5 Å². The highest BCUT2D eigenvalue weighted by atomic mass is 16.6. The lowest BCUT2D eigenvalue weighted by molar-refractivity contribution is -0.151. The highest BCUT2D eigenvalue weighted by molar-refractivity contribution is 5.77. The van der Waals surface area contributed by atoms with Gasteiger partial charge in [0.05, 0.1) is 5.41 Å². The number of alkyl carbamates (subject to hydrolysis) is 1. The fourth-order valence-corrected chi connectivity index (χ4v) is 3.16. The smallest absolute Gasteiger partial charge is 0.407 e. The molecule has 1 aliphatic heterocycles. The van der Waals surface area contributed by atoms with Crippen LogP contribution in [-0.2, 0) is 14.3 Å². The Hall–Kier alpha value is -1.30. The molecule has 1 aliphatic carbocycles. The Kier molecular flexibility index (Phi) is 5.00. The van der Waals surface area contributed by atoms with E-state index >= 15 is 0 Å². The quantitative estimate of drug-likeness (QED) is 0.786. The van der Waals surface area contributed by atoms with Crippen molar-refractivity contribution < 1.29 is 24.2 Å². The number of carboxylic acids is 1. The first-order valence-electron chi connectivity index (χ1n) is 8.01. The van der Waals surface area contributed by atoms with E-state index in [1.807, 2.05) is 0 Å². The van der Waals surface area contributed by atoms with Crippen LogP contribution in [0.4, 0.5) is 4.79 Å². The van der Waals surface area contributed by atoms with Crippen LogP contribution < -0.4 is 5.32 Å². The van der Waals surface area contributed by atoms with Crippen LogP contribution in [0.1, 0.15) is 46.5 Å². The van der Waals surface area contributed by atoms with E-state index < -0.39 is 23.1 Å². The molecule has 6 nitrogen and oxygen atoms in total. The van der Waals surface area contributed by atoms with Crippen molar-refractivity contribution in [2.24, 2.45) is 17.3 Å². The molecular weight excluding hydrogens is 286 g/mol. The zero-order valence-electron chi connectivity index (χ0n) is 13.7. The Morgan fingerprint density at radius 2 is 1.95 bits per heavy atom. The van der Waals surface area contributed by atoms with Crippen LogP contribution >= 0.6 is 0 Å². The summed E-state index contributed by atoms with van der Waals surface area (Å²) in [5.41, 5.74) is -1.48. The van der Waals surface area contributed by atoms with Gasteiger partial charge in [0.15, 0.2) is 0 Å². The van der Waals surface area contributed by atoms with Crippen LogP contribution in [0.25, 0.3) is 0 Å². The Morgan fingerprint density at radius 3 is 2.41 bits per heavy atom. The largest absolute Gasteiger partial charge is 0.481 e. The zero-order valence-corrected chi connectivity index (χ0v) is 13.7. The second-order valence-corrected chi connectivity index (χ2v) is 7.52. The Morgan fingerprint density at radius 1 is 1.27 bits per heavy atom. The van der Waals surface area contributed by atoms with Gasteiger partial charge in [-0.1, -0.05) is 0 Å². The van der Waals surface area contributed by atoms with Gasteiger partial charge in [-0.3, -0.25) is 4.79 Å². The molecular formula is C16H27NO5. The van der Waals surface area contributed by atoms with Crippen LogP contribution in [0.15, 0.2) is 0 Å². The number of ether oxygens (including phenoxy) is 2. The van der Waals surface area contributed by atoms with Crippen LogP contribution in [0, 0.1) is 17.3 Å². The van der Waals surface area contributed by atoms with E-state index in [4.69, 9.17) is 9.47 Å². The first-order chi connectivity index (χ1) is 10.2. The molecule has 0 spiro atoms. The van der Waals surface area contributed by atoms with Crippen molar-refractivity contribution in [1.29, 1.82) is 0 Å². The maximum Gasteiger partial charge on any atom is 0.407 e. The van der Waals surface area contributed by atoms with Crippen molar-refractivity contribution in [2.75, 3.05) is 19.8 Å². The van der Waals surface area contributed by atoms with Gasteiger partial charge < -0.3 is 19.9 Å². The van der Waals surface area contributed by atoms with Crippen molar-refractivity contribution >= 4 is 12.1 Å². The minimum atomic E-state index is -0.894. The van der Waals surface area contributed by atoms with Crippen LogP contribution in [0.5, 0.6) is 0 Å². The summed E-state index contributed by atoms with van der Waals surface area (Å²) in [6.07, 6.45) is 2.73. The molecule has 1 amide bonds. The molecule has 2 atom stereocenters. The predicted molar refractivity (Wildman–Crippen MR) is 80.6 cm³/mol. The molecule has 1 saturated heterocycles. The maximum atomic E-state index is 12.0. The van der Waals surface area contributed by atoms with Crippen LogP contribution in [0.3, 0.4) is 0 Å². The average molecular weight is 313 g/mol. The Bertz CT molecular complexity index is 421. The van der Waals surface area contributed by atoms with Crippen LogP contribution in [0.2, 0.25) is 0 Å². The van der Waals surface area contributed by atoms with Gasteiger partial charge in [0.25, 0.3) is 0 Å². The van der Waals surface area contributed by atoms with Gasteiger partial charge in [-0.15, -0.1) is 0 Å². The van der Waals surface area contributed by atoms with E-state index in [0.717, 1.165) is 19.3 Å². The number of hydrogen-bond acceptors (Lipinski definition) is 4. The second kappa shape index (κ2) is 6.44. The molecule has 2 aliphatic rings. The van der Waals surface area contributed by atoms with E-state index in [1.54, 1.807) is 20.8 Å². The third kappa shape index (κ3) is 4.35. The third-order valence-corrected chi connectivity index (χ3v) is 4.41. The first kappa shape index (κ1) is 17.1. The monoisotopic (exact) mass is 313 g/mol. The van der Waals surface area contributed by atoms with Gasteiger partial charge >= 0.3 is 12.1 Å². The molecule has 6 heteroatoms. The standard InChI is InChI=1S/C16H27NO5/c1-15(2,3)22-14(20)17-10-16(13(18)19,12-4-5-12)8-11-6-7-21-9-11/h11-12H,4-10H2,1-3H3,(H,17,20)(H,18,19). The van der Waals surface area contributed by atoms with Crippen molar-refractivity contribution in [3.63, 3.8) is 0 Å². The highest BCUT2D eigenvalue weighted by Gasteiger charge is 2.52. The highest BCUT2D eigenvalue weighted by Crippen LogP contribution is 2.50. The topological polar surface area (TPSA) is 84.9 Å². The van der Waals surface area contributed by atoms with Gasteiger partial charge in [-0.25, -0.2) is 4.79 Å². The lowest BCUT2D eigenvalue weighted by Gasteiger charge is -2.32. The van der Waals surface area contributed by atoms with Crippen molar-refractivity contribution in [3.8, 4) is 0 Å². The SMILES string of the molecule is CC(C)(C)OC(=O)NCC(CC1CCOC1)(C(=O)O)C1CC1. The first-order valence-corrected chi connectivity index (χ1v) is 8.01. The molecule has 126 valence electrons. The molecule has 1 saturated carbocycles. The fraction of sp³-hybridized carbons (Fsp3) is 0.875. The number of amides is 1. The van der Waals surface area contributed by atoms with Gasteiger partial charge in [0, 0.05) is 19.8 Å². The van der Waals surface area contributed by atoms with Crippen molar-refractivity contribution in [3.05, 3.63) is 0 Å². The average Bonchev–Trinajstić information content (AvgIpc) is 3.11. The lowest BCUT2D eigenvalue weighted by Crippen LogP contribution is -2.47. The summed E-state index contributed by atoms with van der Waals surface area (Å²) in [4.78, 5) is 23.8. The van der Waals surface area contributed by atoms with E-state index in [1.165, 1.54) is 0 Å². The molecule has 0 radical (unpaired) electrons. The van der Waals surface area contributed by atoms with E-state index in [-0.39, 0.29) is 18.4 Å². The number of hydrogen-bond donors (Lipinski definition) is 2. The molecule has 0 aromatic carbocycles. The molecule has 0 aromatic heterocycles. The number of nitrogens with one attached hydrogen (secondary N) is 1. The summed E-state index contributed by atoms with van der Waals surface area (Å²) >= 11 is 0. The van der Waals surface area contributed by atoms with Gasteiger partial charge in [0.1, 0.15) is 5.60 Å². The minimum absolute atomic E-state index is 0.123. The summed E-state index contributed by atoms with van der Waals surface area (Å²) in [7, 11) is 0. The Labute approximate surface area is 131 Å². The predicted octanol–water partition coefficient (Wildman–Crippen LogP) is 2.42. The molecule has 0 bridgehead atoms. The number of carboxylic acid groups (broad SMARTS) is 1. The summed E-state index contributed by atoms with van der Waals surface area (Å²) < 4.78 is 10.6. The summed E-state index contributed by atoms with van der Waals surface area (Å²) in [6, 6.07) is 0. The number of carbonyl (C=O) groups is 2. The normalized spacial score (nSPS) is 24.6. The van der Waals surface area contributed by atoms with Crippen molar-refractivity contribution in [2.45, 2.75) is 52.1 Å². The summed E-state index contributed by atoms with van der Waals surface area (Å²) in [6.45, 7) is 6.80. The number of rotatable bonds is 6. The number of aliphatic carboxylic acids is 1. The van der Waals surface area contributed by atoms with Crippen molar-refractivity contribution in [1.82, 2.24) is 5.32 Å². The van der Waals surface area contributed by atoms with Gasteiger partial charge in [-0.05, 0) is 58.3 Å².